The third kappa shape index (κ3) is 3.68. The number of rotatable bonds is 4. The predicted octanol–water partition coefficient (Wildman–Crippen LogP) is 4.95. The average molecular weight is 426 g/mol. The predicted molar refractivity (Wildman–Crippen MR) is 107 cm³/mol. The quantitative estimate of drug-likeness (QED) is 0.475. The average Bonchev–Trinajstić information content (AvgIpc) is 2.97. The van der Waals surface area contributed by atoms with Gasteiger partial charge in [0.2, 0.25) is 0 Å². The molecule has 156 valence electrons. The topological polar surface area (TPSA) is 49.4 Å². The number of carbonyl (C=O) groups excluding carboxylic acids is 2. The molecule has 1 heterocycles. The molecule has 3 aromatic carbocycles. The largest absolute Gasteiger partial charge is 0.350 e. The van der Waals surface area contributed by atoms with E-state index in [-0.39, 0.29) is 22.6 Å². The van der Waals surface area contributed by atoms with E-state index in [2.05, 4.69) is 5.32 Å². The van der Waals surface area contributed by atoms with Crippen LogP contribution >= 0.6 is 0 Å². The normalized spacial score (nSPS) is 13.9. The van der Waals surface area contributed by atoms with Gasteiger partial charge < -0.3 is 5.32 Å². The fourth-order valence-corrected chi connectivity index (χ4v) is 3.21. The minimum atomic E-state index is -1.22. The van der Waals surface area contributed by atoms with Gasteiger partial charge in [-0.05, 0) is 36.8 Å². The van der Waals surface area contributed by atoms with E-state index in [4.69, 9.17) is 0 Å². The number of aryl methyl sites for hydroxylation is 1. The summed E-state index contributed by atoms with van der Waals surface area (Å²) in [5, 5.41) is 2.67. The minimum Gasteiger partial charge on any atom is -0.350 e. The molecule has 1 N–H and O–H groups in total. The Labute approximate surface area is 174 Å². The lowest BCUT2D eigenvalue weighted by molar-refractivity contribution is -0.120. The van der Waals surface area contributed by atoms with Gasteiger partial charge in [-0.1, -0.05) is 29.8 Å². The summed E-state index contributed by atoms with van der Waals surface area (Å²) in [6, 6.07) is 12.3. The van der Waals surface area contributed by atoms with Gasteiger partial charge in [-0.25, -0.2) is 22.5 Å². The Morgan fingerprint density at radius 3 is 1.94 bits per heavy atom. The molecule has 4 rings (SSSR count). The van der Waals surface area contributed by atoms with Gasteiger partial charge in [0.05, 0.1) is 11.3 Å². The summed E-state index contributed by atoms with van der Waals surface area (Å²) in [6.45, 7) is 1.84. The third-order valence-corrected chi connectivity index (χ3v) is 4.77. The van der Waals surface area contributed by atoms with Gasteiger partial charge >= 0.3 is 0 Å². The van der Waals surface area contributed by atoms with Crippen LogP contribution in [-0.2, 0) is 9.59 Å². The van der Waals surface area contributed by atoms with Crippen molar-refractivity contribution in [3.05, 3.63) is 101 Å². The molecule has 0 radical (unpaired) electrons. The molecule has 4 nitrogen and oxygen atoms in total. The van der Waals surface area contributed by atoms with Crippen molar-refractivity contribution in [3.63, 3.8) is 0 Å². The van der Waals surface area contributed by atoms with Gasteiger partial charge in [-0.3, -0.25) is 9.59 Å². The number of nitrogens with zero attached hydrogens (tertiary/aromatic N) is 1. The summed E-state index contributed by atoms with van der Waals surface area (Å²) < 4.78 is 54.0. The smallest absolute Gasteiger partial charge is 0.282 e. The van der Waals surface area contributed by atoms with Crippen LogP contribution in [0.25, 0.3) is 5.57 Å². The zero-order valence-corrected chi connectivity index (χ0v) is 16.0. The Balaban J connectivity index is 1.83. The van der Waals surface area contributed by atoms with E-state index in [9.17, 15) is 27.2 Å². The highest BCUT2D eigenvalue weighted by Gasteiger charge is 2.40. The van der Waals surface area contributed by atoms with Gasteiger partial charge in [-0.15, -0.1) is 0 Å². The van der Waals surface area contributed by atoms with E-state index in [0.29, 0.717) is 10.5 Å². The molecule has 0 aromatic heterocycles. The number of amides is 2. The fraction of sp³-hybridized carbons (Fsp3) is 0.0435. The van der Waals surface area contributed by atoms with Gasteiger partial charge in [-0.2, -0.15) is 0 Å². The van der Waals surface area contributed by atoms with Crippen molar-refractivity contribution >= 4 is 28.8 Å². The number of carbonyl (C=O) groups is 2. The Bertz CT molecular complexity index is 1250. The minimum absolute atomic E-state index is 0.0341. The van der Waals surface area contributed by atoms with E-state index >= 15 is 0 Å². The number of benzene rings is 3. The van der Waals surface area contributed by atoms with E-state index in [1.165, 1.54) is 6.07 Å². The molecule has 31 heavy (non-hydrogen) atoms. The van der Waals surface area contributed by atoms with Crippen LogP contribution in [0.4, 0.5) is 28.9 Å². The second-order valence-corrected chi connectivity index (χ2v) is 6.91. The van der Waals surface area contributed by atoms with Gasteiger partial charge in [0, 0.05) is 17.8 Å². The molecule has 2 amide bonds. The molecule has 1 aliphatic heterocycles. The third-order valence-electron chi connectivity index (χ3n) is 4.77. The lowest BCUT2D eigenvalue weighted by atomic mass is 10.0. The molecule has 0 saturated heterocycles. The summed E-state index contributed by atoms with van der Waals surface area (Å²) in [5.74, 6) is -6.19. The lowest BCUT2D eigenvalue weighted by Crippen LogP contribution is -2.32. The number of hydrogen-bond acceptors (Lipinski definition) is 3. The summed E-state index contributed by atoms with van der Waals surface area (Å²) >= 11 is 0. The SMILES string of the molecule is Cc1ccc(C2=C(Nc3ccc(F)c(F)c3)C(=O)N(c3ccc(F)c(F)c3)C2=O)cc1. The van der Waals surface area contributed by atoms with Gasteiger partial charge in [0.1, 0.15) is 5.70 Å². The van der Waals surface area contributed by atoms with E-state index in [1.54, 1.807) is 24.3 Å². The Hall–Kier alpha value is -3.94. The molecule has 8 heteroatoms. The van der Waals surface area contributed by atoms with Crippen LogP contribution in [0.1, 0.15) is 11.1 Å². The molecule has 0 aliphatic carbocycles. The maximum absolute atomic E-state index is 13.7. The molecule has 3 aromatic rings. The van der Waals surface area contributed by atoms with Crippen molar-refractivity contribution < 1.29 is 27.2 Å². The highest BCUT2D eigenvalue weighted by molar-refractivity contribution is 6.46. The van der Waals surface area contributed by atoms with Crippen molar-refractivity contribution in [2.24, 2.45) is 0 Å². The summed E-state index contributed by atoms with van der Waals surface area (Å²) in [6.07, 6.45) is 0. The first kappa shape index (κ1) is 20.3. The molecule has 0 saturated carbocycles. The molecule has 1 aliphatic rings. The molecule has 0 fully saturated rings. The lowest BCUT2D eigenvalue weighted by Gasteiger charge is -2.15. The van der Waals surface area contributed by atoms with Crippen molar-refractivity contribution in [1.82, 2.24) is 0 Å². The van der Waals surface area contributed by atoms with E-state index < -0.39 is 35.1 Å². The first-order chi connectivity index (χ1) is 14.8. The molecule has 0 bridgehead atoms. The number of hydrogen-bond donors (Lipinski definition) is 1. The van der Waals surface area contributed by atoms with Gasteiger partial charge in [0.25, 0.3) is 11.8 Å². The fourth-order valence-electron chi connectivity index (χ4n) is 3.21. The summed E-state index contributed by atoms with van der Waals surface area (Å²) in [7, 11) is 0. The summed E-state index contributed by atoms with van der Waals surface area (Å²) in [4.78, 5) is 27.0. The summed E-state index contributed by atoms with van der Waals surface area (Å²) in [5.41, 5.74) is 0.921. The van der Waals surface area contributed by atoms with E-state index in [1.807, 2.05) is 6.92 Å². The van der Waals surface area contributed by atoms with Crippen LogP contribution < -0.4 is 10.2 Å². The second kappa shape index (κ2) is 7.71. The zero-order valence-electron chi connectivity index (χ0n) is 16.0. The van der Waals surface area contributed by atoms with Crippen LogP contribution in [0, 0.1) is 30.2 Å². The molecule has 0 spiro atoms. The molecular weight excluding hydrogens is 412 g/mol. The molecule has 0 unspecified atom stereocenters. The van der Waals surface area contributed by atoms with Crippen LogP contribution in [-0.4, -0.2) is 11.8 Å². The Morgan fingerprint density at radius 2 is 1.32 bits per heavy atom. The molecule has 0 atom stereocenters. The van der Waals surface area contributed by atoms with Gasteiger partial charge in [0.15, 0.2) is 23.3 Å². The van der Waals surface area contributed by atoms with Crippen molar-refractivity contribution in [1.29, 1.82) is 0 Å². The Morgan fingerprint density at radius 1 is 0.710 bits per heavy atom. The van der Waals surface area contributed by atoms with Crippen LogP contribution in [0.2, 0.25) is 0 Å². The zero-order chi connectivity index (χ0) is 22.3. The van der Waals surface area contributed by atoms with Crippen LogP contribution in [0.15, 0.2) is 66.4 Å². The number of anilines is 2. The number of imide groups is 1. The van der Waals surface area contributed by atoms with Crippen LogP contribution in [0.3, 0.4) is 0 Å². The monoisotopic (exact) mass is 426 g/mol. The first-order valence-electron chi connectivity index (χ1n) is 9.13. The van der Waals surface area contributed by atoms with Crippen molar-refractivity contribution in [2.75, 3.05) is 10.2 Å². The molecular formula is C23H14F4N2O2. The van der Waals surface area contributed by atoms with Crippen LogP contribution in [0.5, 0.6) is 0 Å². The van der Waals surface area contributed by atoms with E-state index in [0.717, 1.165) is 35.9 Å². The highest BCUT2D eigenvalue weighted by Crippen LogP contribution is 2.34. The standard InChI is InChI=1S/C23H14F4N2O2/c1-12-2-4-13(5-3-12)20-21(28-14-6-8-16(24)18(26)10-14)23(31)29(22(20)30)15-7-9-17(25)19(27)11-15/h2-11,28H,1H3. The number of nitrogens with one attached hydrogen (secondary N) is 1. The highest BCUT2D eigenvalue weighted by atomic mass is 19.2. The second-order valence-electron chi connectivity index (χ2n) is 6.91. The maximum Gasteiger partial charge on any atom is 0.282 e. The number of halogens is 4. The van der Waals surface area contributed by atoms with Crippen molar-refractivity contribution in [3.8, 4) is 0 Å². The van der Waals surface area contributed by atoms with Crippen molar-refractivity contribution in [2.45, 2.75) is 6.92 Å². The maximum atomic E-state index is 13.7. The Kier molecular flexibility index (Phi) is 5.06. The first-order valence-corrected chi connectivity index (χ1v) is 9.13.